The summed E-state index contributed by atoms with van der Waals surface area (Å²) < 4.78 is 31.7. The molecule has 0 unspecified atom stereocenters. The molecule has 0 saturated heterocycles. The number of hydroxylamine groups is 1. The van der Waals surface area contributed by atoms with Gasteiger partial charge in [-0.05, 0) is 39.2 Å². The minimum atomic E-state index is -5.08. The molecular formula is C11H21F3N2O4S. The number of carbonyl (C=O) groups is 2. The number of carboxylic acid groups (broad SMARTS) is 1. The Kier molecular flexibility index (Phi) is 10.5. The van der Waals surface area contributed by atoms with Crippen molar-refractivity contribution in [2.75, 3.05) is 12.0 Å². The zero-order chi connectivity index (χ0) is 17.3. The molecule has 0 aliphatic rings. The Morgan fingerprint density at radius 3 is 2.05 bits per heavy atom. The van der Waals surface area contributed by atoms with Gasteiger partial charge in [-0.15, -0.1) is 0 Å². The predicted octanol–water partition coefficient (Wildman–Crippen LogP) is 1.55. The number of alkyl halides is 3. The molecule has 1 atom stereocenters. The zero-order valence-corrected chi connectivity index (χ0v) is 13.1. The molecule has 0 aromatic carbocycles. The Bertz CT molecular complexity index is 332. The molecule has 21 heavy (non-hydrogen) atoms. The second-order valence-corrected chi connectivity index (χ2v) is 5.86. The van der Waals surface area contributed by atoms with E-state index < -0.39 is 18.2 Å². The van der Waals surface area contributed by atoms with E-state index in [1.54, 1.807) is 11.8 Å². The molecule has 0 bridgehead atoms. The van der Waals surface area contributed by atoms with Crippen molar-refractivity contribution in [1.29, 1.82) is 0 Å². The van der Waals surface area contributed by atoms with E-state index in [9.17, 15) is 18.0 Å². The fourth-order valence-electron chi connectivity index (χ4n) is 0.655. The molecule has 10 heteroatoms. The maximum absolute atomic E-state index is 11.3. The van der Waals surface area contributed by atoms with E-state index in [1.165, 1.54) is 0 Å². The Morgan fingerprint density at radius 1 is 1.33 bits per heavy atom. The summed E-state index contributed by atoms with van der Waals surface area (Å²) in [6, 6.07) is -0.482. The van der Waals surface area contributed by atoms with Gasteiger partial charge in [0.2, 0.25) is 0 Å². The van der Waals surface area contributed by atoms with E-state index in [4.69, 9.17) is 20.5 Å². The first-order chi connectivity index (χ1) is 9.31. The molecular weight excluding hydrogens is 313 g/mol. The fraction of sp³-hybridized carbons (Fsp3) is 0.818. The van der Waals surface area contributed by atoms with Crippen molar-refractivity contribution in [3.63, 3.8) is 0 Å². The van der Waals surface area contributed by atoms with Crippen LogP contribution in [-0.2, 0) is 14.4 Å². The molecule has 0 aromatic rings. The lowest BCUT2D eigenvalue weighted by Gasteiger charge is -2.20. The first kappa shape index (κ1) is 22.3. The monoisotopic (exact) mass is 334 g/mol. The van der Waals surface area contributed by atoms with Gasteiger partial charge in [0.15, 0.2) is 0 Å². The largest absolute Gasteiger partial charge is 0.490 e. The molecule has 0 radical (unpaired) electrons. The maximum atomic E-state index is 11.3. The number of carbonyl (C=O) groups excluding carboxylic acids is 1. The number of carboxylic acids is 1. The number of nitrogens with two attached hydrogens (primary N) is 1. The van der Waals surface area contributed by atoms with Crippen LogP contribution in [0.5, 0.6) is 0 Å². The molecule has 0 heterocycles. The molecule has 0 rings (SSSR count). The zero-order valence-electron chi connectivity index (χ0n) is 12.3. The van der Waals surface area contributed by atoms with E-state index >= 15 is 0 Å². The third kappa shape index (κ3) is 15.2. The Labute approximate surface area is 125 Å². The van der Waals surface area contributed by atoms with Crippen LogP contribution in [0.15, 0.2) is 0 Å². The van der Waals surface area contributed by atoms with Gasteiger partial charge >= 0.3 is 12.1 Å². The molecule has 0 saturated carbocycles. The minimum absolute atomic E-state index is 0.256. The Hall–Kier alpha value is -1.00. The van der Waals surface area contributed by atoms with E-state index in [2.05, 4.69) is 5.48 Å². The molecule has 4 N–H and O–H groups in total. The topological polar surface area (TPSA) is 102 Å². The summed E-state index contributed by atoms with van der Waals surface area (Å²) in [6.45, 7) is 5.59. The summed E-state index contributed by atoms with van der Waals surface area (Å²) in [5, 5.41) is 7.12. The van der Waals surface area contributed by atoms with Crippen LogP contribution in [0, 0.1) is 0 Å². The third-order valence-electron chi connectivity index (χ3n) is 1.67. The van der Waals surface area contributed by atoms with Crippen molar-refractivity contribution in [2.45, 2.75) is 45.0 Å². The van der Waals surface area contributed by atoms with Crippen LogP contribution < -0.4 is 11.2 Å². The minimum Gasteiger partial charge on any atom is -0.475 e. The number of amides is 1. The second-order valence-electron chi connectivity index (χ2n) is 4.87. The SMILES string of the molecule is CSCC[C@H](N)C(=O)NOC(C)(C)C.O=C(O)C(F)(F)F. The van der Waals surface area contributed by atoms with Gasteiger partial charge in [0, 0.05) is 0 Å². The fourth-order valence-corrected chi connectivity index (χ4v) is 1.14. The lowest BCUT2D eigenvalue weighted by molar-refractivity contribution is -0.192. The van der Waals surface area contributed by atoms with Gasteiger partial charge in [-0.3, -0.25) is 9.63 Å². The van der Waals surface area contributed by atoms with Crippen molar-refractivity contribution < 1.29 is 32.7 Å². The van der Waals surface area contributed by atoms with Gasteiger partial charge in [0.25, 0.3) is 5.91 Å². The van der Waals surface area contributed by atoms with Crippen LogP contribution in [0.25, 0.3) is 0 Å². The smallest absolute Gasteiger partial charge is 0.475 e. The van der Waals surface area contributed by atoms with Crippen molar-refractivity contribution in [1.82, 2.24) is 5.48 Å². The van der Waals surface area contributed by atoms with Gasteiger partial charge in [-0.1, -0.05) is 0 Å². The highest BCUT2D eigenvalue weighted by Crippen LogP contribution is 2.13. The molecule has 0 spiro atoms. The number of rotatable bonds is 5. The van der Waals surface area contributed by atoms with Gasteiger partial charge in [0.1, 0.15) is 0 Å². The summed E-state index contributed by atoms with van der Waals surface area (Å²) in [4.78, 5) is 25.3. The highest BCUT2D eigenvalue weighted by atomic mass is 32.2. The predicted molar refractivity (Wildman–Crippen MR) is 73.6 cm³/mol. The maximum Gasteiger partial charge on any atom is 0.490 e. The second kappa shape index (κ2) is 9.85. The summed E-state index contributed by atoms with van der Waals surface area (Å²) >= 11 is 1.67. The van der Waals surface area contributed by atoms with E-state index in [0.717, 1.165) is 5.75 Å². The number of thioether (sulfide) groups is 1. The lowest BCUT2D eigenvalue weighted by atomic mass is 10.2. The molecule has 1 amide bonds. The van der Waals surface area contributed by atoms with E-state index in [0.29, 0.717) is 6.42 Å². The lowest BCUT2D eigenvalue weighted by Crippen LogP contribution is -2.43. The molecule has 0 fully saturated rings. The normalized spacial score (nSPS) is 13.0. The quantitative estimate of drug-likeness (QED) is 0.659. The molecule has 6 nitrogen and oxygen atoms in total. The van der Waals surface area contributed by atoms with Crippen molar-refractivity contribution in [3.8, 4) is 0 Å². The number of nitrogens with one attached hydrogen (secondary N) is 1. The van der Waals surface area contributed by atoms with Gasteiger partial charge in [-0.2, -0.15) is 24.9 Å². The summed E-state index contributed by atoms with van der Waals surface area (Å²) in [5.74, 6) is -2.13. The Balaban J connectivity index is 0. The van der Waals surface area contributed by atoms with Crippen molar-refractivity contribution >= 4 is 23.6 Å². The number of hydrogen-bond donors (Lipinski definition) is 3. The van der Waals surface area contributed by atoms with Gasteiger partial charge in [0.05, 0.1) is 11.6 Å². The molecule has 126 valence electrons. The average Bonchev–Trinajstić information content (AvgIpc) is 2.31. The van der Waals surface area contributed by atoms with Crippen molar-refractivity contribution in [3.05, 3.63) is 0 Å². The van der Waals surface area contributed by atoms with Crippen LogP contribution in [0.2, 0.25) is 0 Å². The van der Waals surface area contributed by atoms with E-state index in [1.807, 2.05) is 27.0 Å². The molecule has 0 aromatic heterocycles. The summed E-state index contributed by atoms with van der Waals surface area (Å²) in [5.41, 5.74) is 7.61. The molecule has 0 aliphatic heterocycles. The van der Waals surface area contributed by atoms with Gasteiger partial charge < -0.3 is 10.8 Å². The van der Waals surface area contributed by atoms with Crippen LogP contribution in [0.3, 0.4) is 0 Å². The highest BCUT2D eigenvalue weighted by molar-refractivity contribution is 7.98. The van der Waals surface area contributed by atoms with Crippen LogP contribution in [0.1, 0.15) is 27.2 Å². The van der Waals surface area contributed by atoms with E-state index in [-0.39, 0.29) is 11.5 Å². The number of halogens is 3. The first-order valence-electron chi connectivity index (χ1n) is 5.83. The third-order valence-corrected chi connectivity index (χ3v) is 2.31. The molecule has 0 aliphatic carbocycles. The number of hydrogen-bond acceptors (Lipinski definition) is 5. The summed E-state index contributed by atoms with van der Waals surface area (Å²) in [6.07, 6.45) is -2.43. The van der Waals surface area contributed by atoms with Gasteiger partial charge in [-0.25, -0.2) is 10.3 Å². The van der Waals surface area contributed by atoms with Crippen LogP contribution >= 0.6 is 11.8 Å². The number of aliphatic carboxylic acids is 1. The Morgan fingerprint density at radius 2 is 1.76 bits per heavy atom. The van der Waals surface area contributed by atoms with Crippen molar-refractivity contribution in [2.24, 2.45) is 5.73 Å². The standard InChI is InChI=1S/C9H20N2O2S.C2HF3O2/c1-9(2,3)13-11-8(12)7(10)5-6-14-4;3-2(4,5)1(6)7/h7H,5-6,10H2,1-4H3,(H,11,12);(H,6,7)/t7-;/m0./s1. The highest BCUT2D eigenvalue weighted by Gasteiger charge is 2.38. The average molecular weight is 334 g/mol. The first-order valence-corrected chi connectivity index (χ1v) is 7.23. The van der Waals surface area contributed by atoms with Crippen LogP contribution in [0.4, 0.5) is 13.2 Å². The summed E-state index contributed by atoms with van der Waals surface area (Å²) in [7, 11) is 0. The van der Waals surface area contributed by atoms with Crippen LogP contribution in [-0.4, -0.2) is 46.8 Å².